The van der Waals surface area contributed by atoms with Gasteiger partial charge in [0.2, 0.25) is 0 Å². The van der Waals surface area contributed by atoms with Gasteiger partial charge in [-0.2, -0.15) is 5.26 Å². The van der Waals surface area contributed by atoms with Gasteiger partial charge in [0.05, 0.1) is 12.0 Å². The molecule has 164 valence electrons. The molecule has 0 spiro atoms. The molecule has 0 bridgehead atoms. The summed E-state index contributed by atoms with van der Waals surface area (Å²) >= 11 is 0. The minimum atomic E-state index is -0.715. The highest BCUT2D eigenvalue weighted by molar-refractivity contribution is 5.90. The van der Waals surface area contributed by atoms with Gasteiger partial charge < -0.3 is 15.2 Å². The predicted octanol–water partition coefficient (Wildman–Crippen LogP) is 5.26. The highest BCUT2D eigenvalue weighted by Crippen LogP contribution is 2.46. The number of hydrogen-bond donors (Lipinski definition) is 2. The second-order valence-electron chi connectivity index (χ2n) is 9.99. The molecule has 2 unspecified atom stereocenters. The summed E-state index contributed by atoms with van der Waals surface area (Å²) in [6, 6.07) is 12.7. The Labute approximate surface area is 184 Å². The summed E-state index contributed by atoms with van der Waals surface area (Å²) < 4.78 is 6.27. The van der Waals surface area contributed by atoms with Gasteiger partial charge in [0.1, 0.15) is 17.4 Å². The molecule has 4 rings (SSSR count). The van der Waals surface area contributed by atoms with Crippen LogP contribution < -0.4 is 10.1 Å². The molecule has 0 heterocycles. The Morgan fingerprint density at radius 1 is 1.23 bits per heavy atom. The molecule has 0 aliphatic heterocycles. The summed E-state index contributed by atoms with van der Waals surface area (Å²) in [5.41, 5.74) is 1.43. The molecule has 2 aromatic carbocycles. The van der Waals surface area contributed by atoms with Crippen molar-refractivity contribution in [1.29, 1.82) is 5.26 Å². The Kier molecular flexibility index (Phi) is 5.94. The minimum absolute atomic E-state index is 0.170. The maximum atomic E-state index is 11.4. The zero-order valence-corrected chi connectivity index (χ0v) is 18.6. The van der Waals surface area contributed by atoms with Crippen LogP contribution in [-0.2, 0) is 11.3 Å². The average Bonchev–Trinajstić information content (AvgIpc) is 2.74. The first-order valence-electron chi connectivity index (χ1n) is 11.4. The lowest BCUT2D eigenvalue weighted by Gasteiger charge is -2.50. The van der Waals surface area contributed by atoms with Gasteiger partial charge in [0.25, 0.3) is 0 Å². The van der Waals surface area contributed by atoms with Crippen LogP contribution >= 0.6 is 0 Å². The quantitative estimate of drug-likeness (QED) is 0.666. The molecule has 2 aromatic rings. The number of nitriles is 1. The smallest absolute Gasteiger partial charge is 0.307 e. The zero-order chi connectivity index (χ0) is 22.2. The summed E-state index contributed by atoms with van der Waals surface area (Å²) in [7, 11) is 0. The molecule has 5 nitrogen and oxygen atoms in total. The van der Waals surface area contributed by atoms with Crippen LogP contribution in [0.3, 0.4) is 0 Å². The number of nitrogens with zero attached hydrogens (tertiary/aromatic N) is 1. The predicted molar refractivity (Wildman–Crippen MR) is 121 cm³/mol. The van der Waals surface area contributed by atoms with Crippen LogP contribution in [-0.4, -0.2) is 23.2 Å². The molecule has 0 radical (unpaired) electrons. The normalized spacial score (nSPS) is 27.3. The third-order valence-electron chi connectivity index (χ3n) is 7.53. The zero-order valence-electron chi connectivity index (χ0n) is 18.6. The van der Waals surface area contributed by atoms with Crippen molar-refractivity contribution in [2.45, 2.75) is 71.6 Å². The monoisotopic (exact) mass is 420 g/mol. The molecule has 2 atom stereocenters. The number of carboxylic acids is 1. The van der Waals surface area contributed by atoms with Crippen molar-refractivity contribution in [1.82, 2.24) is 5.32 Å². The van der Waals surface area contributed by atoms with Crippen LogP contribution in [0.25, 0.3) is 10.8 Å². The van der Waals surface area contributed by atoms with Crippen LogP contribution in [0.2, 0.25) is 0 Å². The lowest BCUT2D eigenvalue weighted by atomic mass is 9.58. The molecule has 0 saturated heterocycles. The second kappa shape index (κ2) is 8.51. The number of benzene rings is 2. The summed E-state index contributed by atoms with van der Waals surface area (Å²) in [6.07, 6.45) is 5.28. The summed E-state index contributed by atoms with van der Waals surface area (Å²) in [6.45, 7) is 6.95. The van der Waals surface area contributed by atoms with E-state index in [4.69, 9.17) is 4.74 Å². The third-order valence-corrected chi connectivity index (χ3v) is 7.53. The van der Waals surface area contributed by atoms with Crippen molar-refractivity contribution < 1.29 is 14.6 Å². The van der Waals surface area contributed by atoms with E-state index >= 15 is 0 Å². The van der Waals surface area contributed by atoms with Gasteiger partial charge in [-0.25, -0.2) is 0 Å². The molecule has 2 saturated carbocycles. The molecule has 31 heavy (non-hydrogen) atoms. The van der Waals surface area contributed by atoms with E-state index in [1.807, 2.05) is 32.0 Å². The van der Waals surface area contributed by atoms with Crippen LogP contribution in [0.15, 0.2) is 30.3 Å². The number of carbonyl (C=O) groups is 1. The van der Waals surface area contributed by atoms with Gasteiger partial charge in [-0.05, 0) is 66.5 Å². The van der Waals surface area contributed by atoms with Gasteiger partial charge in [-0.15, -0.1) is 0 Å². The topological polar surface area (TPSA) is 82.3 Å². The fourth-order valence-electron chi connectivity index (χ4n) is 5.13. The molecule has 2 fully saturated rings. The highest BCUT2D eigenvalue weighted by Gasteiger charge is 2.51. The van der Waals surface area contributed by atoms with Crippen LogP contribution in [0.5, 0.6) is 5.75 Å². The van der Waals surface area contributed by atoms with Crippen molar-refractivity contribution >= 4 is 16.7 Å². The van der Waals surface area contributed by atoms with Gasteiger partial charge in [-0.3, -0.25) is 4.79 Å². The van der Waals surface area contributed by atoms with Gasteiger partial charge in [-0.1, -0.05) is 39.0 Å². The van der Waals surface area contributed by atoms with Crippen molar-refractivity contribution in [3.8, 4) is 11.8 Å². The fourth-order valence-corrected chi connectivity index (χ4v) is 5.13. The standard InChI is InChI=1S/C26H32N2O3/c1-16-4-9-19(10-5-16)31-23-11-8-18-7-6-17(12-20(18)21(23)14-27)15-28-24-13-22(25(29)30)26(24,2)3/h6-8,11-12,16,19,22,24,28H,4-5,9-10,13,15H2,1-3H3,(H,29,30). The van der Waals surface area contributed by atoms with Gasteiger partial charge in [0, 0.05) is 18.0 Å². The average molecular weight is 421 g/mol. The number of ether oxygens (including phenoxy) is 1. The Bertz CT molecular complexity index is 1020. The summed E-state index contributed by atoms with van der Waals surface area (Å²) in [5, 5.41) is 24.7. The van der Waals surface area contributed by atoms with Crippen LogP contribution in [0.4, 0.5) is 0 Å². The Balaban J connectivity index is 1.50. The second-order valence-corrected chi connectivity index (χ2v) is 9.99. The number of hydrogen-bond acceptors (Lipinski definition) is 4. The van der Waals surface area contributed by atoms with Crippen LogP contribution in [0.1, 0.15) is 64.0 Å². The summed E-state index contributed by atoms with van der Waals surface area (Å²) in [5.74, 6) is 0.430. The SMILES string of the molecule is CC1CCC(Oc2ccc3ccc(CNC4CC(C(=O)O)C4(C)C)cc3c2C#N)CC1. The number of carboxylic acid groups (broad SMARTS) is 1. The summed E-state index contributed by atoms with van der Waals surface area (Å²) in [4.78, 5) is 11.4. The van der Waals surface area contributed by atoms with Crippen LogP contribution in [0, 0.1) is 28.6 Å². The largest absolute Gasteiger partial charge is 0.489 e. The lowest BCUT2D eigenvalue weighted by molar-refractivity contribution is -0.155. The Morgan fingerprint density at radius 3 is 2.58 bits per heavy atom. The Morgan fingerprint density at radius 2 is 1.94 bits per heavy atom. The highest BCUT2D eigenvalue weighted by atomic mass is 16.5. The maximum absolute atomic E-state index is 11.4. The first-order valence-corrected chi connectivity index (χ1v) is 11.4. The molecular formula is C26H32N2O3. The first kappa shape index (κ1) is 21.6. The van der Waals surface area contributed by atoms with E-state index in [2.05, 4.69) is 30.4 Å². The molecule has 5 heteroatoms. The van der Waals surface area contributed by atoms with Gasteiger partial charge >= 0.3 is 5.97 Å². The van der Waals surface area contributed by atoms with Crippen molar-refractivity contribution in [3.05, 3.63) is 41.5 Å². The van der Waals surface area contributed by atoms with E-state index in [9.17, 15) is 15.2 Å². The van der Waals surface area contributed by atoms with Crippen molar-refractivity contribution in [2.75, 3.05) is 0 Å². The number of nitrogens with one attached hydrogen (secondary N) is 1. The number of aliphatic carboxylic acids is 1. The molecule has 0 aromatic heterocycles. The Hall–Kier alpha value is -2.58. The van der Waals surface area contributed by atoms with E-state index in [0.29, 0.717) is 24.3 Å². The first-order chi connectivity index (χ1) is 14.8. The van der Waals surface area contributed by atoms with Crippen molar-refractivity contribution in [2.24, 2.45) is 17.3 Å². The minimum Gasteiger partial charge on any atom is -0.489 e. The molecule has 2 aliphatic rings. The molecule has 2 N–H and O–H groups in total. The van der Waals surface area contributed by atoms with E-state index in [0.717, 1.165) is 35.1 Å². The van der Waals surface area contributed by atoms with E-state index in [1.54, 1.807) is 0 Å². The fraction of sp³-hybridized carbons (Fsp3) is 0.538. The third kappa shape index (κ3) is 4.27. The van der Waals surface area contributed by atoms with E-state index in [-0.39, 0.29) is 23.5 Å². The number of rotatable bonds is 6. The molecule has 2 aliphatic carbocycles. The molecule has 0 amide bonds. The van der Waals surface area contributed by atoms with Gasteiger partial charge in [0.15, 0.2) is 0 Å². The van der Waals surface area contributed by atoms with E-state index in [1.165, 1.54) is 12.8 Å². The van der Waals surface area contributed by atoms with Crippen molar-refractivity contribution in [3.63, 3.8) is 0 Å². The molecular weight excluding hydrogens is 388 g/mol. The lowest BCUT2D eigenvalue weighted by Crippen LogP contribution is -2.58. The number of fused-ring (bicyclic) bond motifs is 1. The van der Waals surface area contributed by atoms with E-state index < -0.39 is 5.97 Å². The maximum Gasteiger partial charge on any atom is 0.307 e.